The molecule has 22 heavy (non-hydrogen) atoms. The SMILES string of the molecule is COc1ncccc1CCNC(=O)C1CCc2ncnn2C1. The van der Waals surface area contributed by atoms with E-state index in [0.717, 1.165) is 24.2 Å². The fraction of sp³-hybridized carbons (Fsp3) is 0.467. The molecule has 2 aromatic heterocycles. The number of amides is 1. The lowest BCUT2D eigenvalue weighted by molar-refractivity contribution is -0.126. The van der Waals surface area contributed by atoms with Crippen LogP contribution in [-0.4, -0.2) is 39.3 Å². The highest BCUT2D eigenvalue weighted by molar-refractivity contribution is 5.78. The molecule has 3 heterocycles. The van der Waals surface area contributed by atoms with Crippen LogP contribution in [0.4, 0.5) is 0 Å². The van der Waals surface area contributed by atoms with Gasteiger partial charge in [0.25, 0.3) is 0 Å². The summed E-state index contributed by atoms with van der Waals surface area (Å²) >= 11 is 0. The summed E-state index contributed by atoms with van der Waals surface area (Å²) in [5.74, 6) is 1.61. The van der Waals surface area contributed by atoms with E-state index in [1.54, 1.807) is 19.6 Å². The largest absolute Gasteiger partial charge is 0.481 e. The van der Waals surface area contributed by atoms with Crippen molar-refractivity contribution in [2.24, 2.45) is 5.92 Å². The number of aryl methyl sites for hydroxylation is 1. The molecule has 0 bridgehead atoms. The Morgan fingerprint density at radius 3 is 3.27 bits per heavy atom. The van der Waals surface area contributed by atoms with E-state index in [2.05, 4.69) is 20.4 Å². The maximum atomic E-state index is 12.3. The van der Waals surface area contributed by atoms with E-state index in [1.807, 2.05) is 16.8 Å². The number of ether oxygens (including phenoxy) is 1. The molecule has 0 aromatic carbocycles. The Morgan fingerprint density at radius 1 is 1.50 bits per heavy atom. The van der Waals surface area contributed by atoms with Gasteiger partial charge in [-0.2, -0.15) is 5.10 Å². The van der Waals surface area contributed by atoms with Crippen molar-refractivity contribution in [2.45, 2.75) is 25.8 Å². The molecule has 0 radical (unpaired) electrons. The minimum atomic E-state index is -0.0370. The zero-order chi connectivity index (χ0) is 15.4. The molecule has 7 nitrogen and oxygen atoms in total. The van der Waals surface area contributed by atoms with Gasteiger partial charge in [0, 0.05) is 24.7 Å². The molecular weight excluding hydrogens is 282 g/mol. The normalized spacial score (nSPS) is 16.9. The van der Waals surface area contributed by atoms with Crippen molar-refractivity contribution in [3.8, 4) is 5.88 Å². The number of hydrogen-bond donors (Lipinski definition) is 1. The number of nitrogens with one attached hydrogen (secondary N) is 1. The van der Waals surface area contributed by atoms with Crippen LogP contribution in [0.15, 0.2) is 24.7 Å². The standard InChI is InChI=1S/C15H19N5O2/c1-22-15-11(3-2-7-17-15)6-8-16-14(21)12-4-5-13-18-10-19-20(13)9-12/h2-3,7,10,12H,4-6,8-9H2,1H3,(H,16,21). The maximum absolute atomic E-state index is 12.3. The van der Waals surface area contributed by atoms with Gasteiger partial charge in [0.05, 0.1) is 19.6 Å². The second-order valence-corrected chi connectivity index (χ2v) is 5.31. The first-order valence-electron chi connectivity index (χ1n) is 7.40. The molecule has 1 atom stereocenters. The van der Waals surface area contributed by atoms with E-state index < -0.39 is 0 Å². The first-order valence-corrected chi connectivity index (χ1v) is 7.40. The zero-order valence-corrected chi connectivity index (χ0v) is 12.5. The Hall–Kier alpha value is -2.44. The molecule has 1 amide bonds. The summed E-state index contributed by atoms with van der Waals surface area (Å²) in [5.41, 5.74) is 0.993. The lowest BCUT2D eigenvalue weighted by atomic mass is 9.99. The van der Waals surface area contributed by atoms with E-state index in [-0.39, 0.29) is 11.8 Å². The molecule has 3 rings (SSSR count). The first-order chi connectivity index (χ1) is 10.8. The highest BCUT2D eigenvalue weighted by Crippen LogP contribution is 2.18. The maximum Gasteiger partial charge on any atom is 0.225 e. The summed E-state index contributed by atoms with van der Waals surface area (Å²) < 4.78 is 7.02. The van der Waals surface area contributed by atoms with E-state index >= 15 is 0 Å². The number of rotatable bonds is 5. The average molecular weight is 301 g/mol. The highest BCUT2D eigenvalue weighted by Gasteiger charge is 2.25. The van der Waals surface area contributed by atoms with E-state index in [0.29, 0.717) is 25.4 Å². The fourth-order valence-electron chi connectivity index (χ4n) is 2.71. The van der Waals surface area contributed by atoms with Gasteiger partial charge in [0.1, 0.15) is 12.2 Å². The van der Waals surface area contributed by atoms with Gasteiger partial charge < -0.3 is 10.1 Å². The minimum Gasteiger partial charge on any atom is -0.481 e. The molecule has 1 unspecified atom stereocenters. The fourth-order valence-corrected chi connectivity index (χ4v) is 2.71. The monoisotopic (exact) mass is 301 g/mol. The third kappa shape index (κ3) is 3.08. The van der Waals surface area contributed by atoms with Gasteiger partial charge in [-0.05, 0) is 18.9 Å². The number of nitrogens with zero attached hydrogens (tertiary/aromatic N) is 4. The second-order valence-electron chi connectivity index (χ2n) is 5.31. The van der Waals surface area contributed by atoms with Crippen molar-refractivity contribution in [1.29, 1.82) is 0 Å². The molecule has 0 aliphatic carbocycles. The molecule has 0 saturated heterocycles. The number of pyridine rings is 1. The van der Waals surface area contributed by atoms with Gasteiger partial charge in [-0.1, -0.05) is 6.07 Å². The number of fused-ring (bicyclic) bond motifs is 1. The lowest BCUT2D eigenvalue weighted by Gasteiger charge is -2.21. The van der Waals surface area contributed by atoms with Crippen LogP contribution in [-0.2, 0) is 24.2 Å². The van der Waals surface area contributed by atoms with Crippen molar-refractivity contribution in [3.05, 3.63) is 36.0 Å². The quantitative estimate of drug-likeness (QED) is 0.874. The third-order valence-electron chi connectivity index (χ3n) is 3.91. The Balaban J connectivity index is 1.51. The molecule has 0 fully saturated rings. The van der Waals surface area contributed by atoms with E-state index in [4.69, 9.17) is 4.74 Å². The number of aromatic nitrogens is 4. The van der Waals surface area contributed by atoms with Crippen molar-refractivity contribution >= 4 is 5.91 Å². The molecule has 1 aliphatic heterocycles. The minimum absolute atomic E-state index is 0.0370. The van der Waals surface area contributed by atoms with Gasteiger partial charge in [-0.15, -0.1) is 0 Å². The molecule has 0 saturated carbocycles. The molecule has 2 aromatic rings. The Morgan fingerprint density at radius 2 is 2.41 bits per heavy atom. The Bertz CT molecular complexity index is 655. The first kappa shape index (κ1) is 14.5. The zero-order valence-electron chi connectivity index (χ0n) is 12.5. The van der Waals surface area contributed by atoms with E-state index in [9.17, 15) is 4.79 Å². The molecular formula is C15H19N5O2. The molecule has 1 N–H and O–H groups in total. The number of methoxy groups -OCH3 is 1. The van der Waals surface area contributed by atoms with Gasteiger partial charge in [-0.3, -0.25) is 4.79 Å². The van der Waals surface area contributed by atoms with E-state index in [1.165, 1.54) is 0 Å². The Kier molecular flexibility index (Phi) is 4.32. The summed E-state index contributed by atoms with van der Waals surface area (Å²) in [6, 6.07) is 3.83. The second kappa shape index (κ2) is 6.55. The van der Waals surface area contributed by atoms with Crippen molar-refractivity contribution in [1.82, 2.24) is 25.1 Å². The highest BCUT2D eigenvalue weighted by atomic mass is 16.5. The number of hydrogen-bond acceptors (Lipinski definition) is 5. The summed E-state index contributed by atoms with van der Waals surface area (Å²) in [7, 11) is 1.60. The van der Waals surface area contributed by atoms with Gasteiger partial charge in [0.2, 0.25) is 11.8 Å². The molecule has 116 valence electrons. The van der Waals surface area contributed by atoms with Crippen molar-refractivity contribution in [2.75, 3.05) is 13.7 Å². The lowest BCUT2D eigenvalue weighted by Crippen LogP contribution is -2.37. The van der Waals surface area contributed by atoms with Gasteiger partial charge >= 0.3 is 0 Å². The van der Waals surface area contributed by atoms with Crippen LogP contribution in [0.1, 0.15) is 17.8 Å². The van der Waals surface area contributed by atoms with Crippen LogP contribution < -0.4 is 10.1 Å². The average Bonchev–Trinajstić information content (AvgIpc) is 3.02. The summed E-state index contributed by atoms with van der Waals surface area (Å²) in [5, 5.41) is 7.13. The van der Waals surface area contributed by atoms with Crippen LogP contribution >= 0.6 is 0 Å². The van der Waals surface area contributed by atoms with Crippen molar-refractivity contribution < 1.29 is 9.53 Å². The van der Waals surface area contributed by atoms with Crippen LogP contribution in [0.2, 0.25) is 0 Å². The smallest absolute Gasteiger partial charge is 0.225 e. The third-order valence-corrected chi connectivity index (χ3v) is 3.91. The Labute approximate surface area is 128 Å². The molecule has 7 heteroatoms. The predicted molar refractivity (Wildman–Crippen MR) is 79.3 cm³/mol. The van der Waals surface area contributed by atoms with Crippen LogP contribution in [0.3, 0.4) is 0 Å². The summed E-state index contributed by atoms with van der Waals surface area (Å²) in [4.78, 5) is 20.6. The number of carbonyl (C=O) groups excluding carboxylic acids is 1. The van der Waals surface area contributed by atoms with Crippen LogP contribution in [0, 0.1) is 5.92 Å². The molecule has 0 spiro atoms. The van der Waals surface area contributed by atoms with Crippen molar-refractivity contribution in [3.63, 3.8) is 0 Å². The van der Waals surface area contributed by atoms with Crippen LogP contribution in [0.5, 0.6) is 5.88 Å². The van der Waals surface area contributed by atoms with Gasteiger partial charge in [0.15, 0.2) is 0 Å². The topological polar surface area (TPSA) is 81.9 Å². The van der Waals surface area contributed by atoms with Gasteiger partial charge in [-0.25, -0.2) is 14.6 Å². The summed E-state index contributed by atoms with van der Waals surface area (Å²) in [6.07, 6.45) is 5.56. The molecule has 1 aliphatic rings. The predicted octanol–water partition coefficient (Wildman–Crippen LogP) is 0.603. The summed E-state index contributed by atoms with van der Waals surface area (Å²) in [6.45, 7) is 1.18. The van der Waals surface area contributed by atoms with Crippen LogP contribution in [0.25, 0.3) is 0 Å². The number of carbonyl (C=O) groups is 1.